The topological polar surface area (TPSA) is 96.0 Å². The van der Waals surface area contributed by atoms with Gasteiger partial charge in [-0.3, -0.25) is 13.9 Å². The van der Waals surface area contributed by atoms with Crippen LogP contribution >= 0.6 is 0 Å². The Labute approximate surface area is 227 Å². The normalized spacial score (nSPS) is 15.0. The van der Waals surface area contributed by atoms with Gasteiger partial charge >= 0.3 is 6.18 Å². The summed E-state index contributed by atoms with van der Waals surface area (Å²) < 4.78 is 71.2. The number of rotatable bonds is 11. The van der Waals surface area contributed by atoms with Crippen molar-refractivity contribution in [3.8, 4) is 5.75 Å². The summed E-state index contributed by atoms with van der Waals surface area (Å²) in [6.07, 6.45) is 0.0246. The summed E-state index contributed by atoms with van der Waals surface area (Å²) in [5.41, 5.74) is -0.707. The van der Waals surface area contributed by atoms with Crippen LogP contribution in [0.1, 0.15) is 50.2 Å². The zero-order chi connectivity index (χ0) is 28.8. The van der Waals surface area contributed by atoms with Crippen LogP contribution in [0.15, 0.2) is 48.5 Å². The number of nitrogens with one attached hydrogen (secondary N) is 1. The van der Waals surface area contributed by atoms with Gasteiger partial charge in [0.15, 0.2) is 0 Å². The molecule has 2 amide bonds. The lowest BCUT2D eigenvalue weighted by atomic mass is 10.1. The molecule has 39 heavy (non-hydrogen) atoms. The highest BCUT2D eigenvalue weighted by Crippen LogP contribution is 2.32. The highest BCUT2D eigenvalue weighted by Gasteiger charge is 2.35. The molecule has 1 aliphatic carbocycles. The first kappa shape index (κ1) is 30.3. The third-order valence-corrected chi connectivity index (χ3v) is 7.86. The number of anilines is 1. The summed E-state index contributed by atoms with van der Waals surface area (Å²) in [7, 11) is -2.67. The van der Waals surface area contributed by atoms with Crippen molar-refractivity contribution in [2.75, 3.05) is 24.2 Å². The monoisotopic (exact) mass is 569 g/mol. The fourth-order valence-electron chi connectivity index (χ4n) is 4.71. The molecule has 0 bridgehead atoms. The molecular weight excluding hydrogens is 535 g/mol. The van der Waals surface area contributed by atoms with Crippen molar-refractivity contribution in [1.82, 2.24) is 10.2 Å². The van der Waals surface area contributed by atoms with E-state index < -0.39 is 40.3 Å². The van der Waals surface area contributed by atoms with Crippen molar-refractivity contribution in [2.24, 2.45) is 0 Å². The predicted molar refractivity (Wildman–Crippen MR) is 142 cm³/mol. The Morgan fingerprint density at radius 2 is 1.77 bits per heavy atom. The van der Waals surface area contributed by atoms with Gasteiger partial charge in [-0.15, -0.1) is 0 Å². The maximum atomic E-state index is 13.7. The minimum absolute atomic E-state index is 0.00190. The van der Waals surface area contributed by atoms with Crippen molar-refractivity contribution < 1.29 is 35.9 Å². The van der Waals surface area contributed by atoms with E-state index in [1.807, 2.05) is 0 Å². The second kappa shape index (κ2) is 12.7. The number of methoxy groups -OCH3 is 1. The highest BCUT2D eigenvalue weighted by molar-refractivity contribution is 7.92. The summed E-state index contributed by atoms with van der Waals surface area (Å²) >= 11 is 0. The first-order chi connectivity index (χ1) is 18.3. The van der Waals surface area contributed by atoms with E-state index in [1.54, 1.807) is 31.2 Å². The van der Waals surface area contributed by atoms with Gasteiger partial charge in [-0.25, -0.2) is 8.42 Å². The molecule has 0 unspecified atom stereocenters. The van der Waals surface area contributed by atoms with E-state index in [-0.39, 0.29) is 30.6 Å². The standard InChI is InChI=1S/C27H34F3N3O5S/c1-4-24(26(35)31-21-11-5-6-12-21)32(17-19-9-7-14-23(15-19)38-2)25(34)18-33(39(3,36)37)22-13-8-10-20(16-22)27(28,29)30/h7-10,13-16,21,24H,4-6,11-12,17-18H2,1-3H3,(H,31,35)/t24-/m1/s1. The number of alkyl halides is 3. The number of halogens is 3. The maximum Gasteiger partial charge on any atom is 0.416 e. The molecule has 2 aromatic rings. The summed E-state index contributed by atoms with van der Waals surface area (Å²) in [5.74, 6) is -0.551. The van der Waals surface area contributed by atoms with E-state index in [1.165, 1.54) is 18.1 Å². The molecule has 0 aromatic heterocycles. The minimum atomic E-state index is -4.70. The van der Waals surface area contributed by atoms with Gasteiger partial charge in [0.05, 0.1) is 24.6 Å². The van der Waals surface area contributed by atoms with Crippen LogP contribution in [0.2, 0.25) is 0 Å². The molecule has 1 fully saturated rings. The summed E-state index contributed by atoms with van der Waals surface area (Å²) in [6, 6.07) is 9.74. The first-order valence-electron chi connectivity index (χ1n) is 12.7. The summed E-state index contributed by atoms with van der Waals surface area (Å²) in [6.45, 7) is 0.927. The van der Waals surface area contributed by atoms with Crippen LogP contribution in [0.25, 0.3) is 0 Å². The number of sulfonamides is 1. The number of benzene rings is 2. The number of hydrogen-bond acceptors (Lipinski definition) is 5. The molecule has 3 rings (SSSR count). The minimum Gasteiger partial charge on any atom is -0.497 e. The molecule has 1 saturated carbocycles. The SMILES string of the molecule is CC[C@H](C(=O)NC1CCCC1)N(Cc1cccc(OC)c1)C(=O)CN(c1cccc(C(F)(F)F)c1)S(C)(=O)=O. The van der Waals surface area contributed by atoms with Crippen molar-refractivity contribution in [2.45, 2.75) is 63.8 Å². The van der Waals surface area contributed by atoms with E-state index in [4.69, 9.17) is 4.74 Å². The smallest absolute Gasteiger partial charge is 0.416 e. The van der Waals surface area contributed by atoms with Gasteiger partial charge in [-0.2, -0.15) is 13.2 Å². The molecule has 1 atom stereocenters. The van der Waals surface area contributed by atoms with Crippen molar-refractivity contribution in [1.29, 1.82) is 0 Å². The molecule has 0 heterocycles. The molecule has 1 aliphatic rings. The average molecular weight is 570 g/mol. The molecule has 0 aliphatic heterocycles. The molecule has 0 spiro atoms. The average Bonchev–Trinajstić information content (AvgIpc) is 3.39. The Morgan fingerprint density at radius 1 is 1.10 bits per heavy atom. The van der Waals surface area contributed by atoms with Crippen molar-refractivity contribution >= 4 is 27.5 Å². The van der Waals surface area contributed by atoms with Gasteiger partial charge in [-0.05, 0) is 55.2 Å². The predicted octanol–water partition coefficient (Wildman–Crippen LogP) is 4.35. The van der Waals surface area contributed by atoms with Crippen LogP contribution in [0.4, 0.5) is 18.9 Å². The number of hydrogen-bond donors (Lipinski definition) is 1. The Bertz CT molecular complexity index is 1260. The first-order valence-corrected chi connectivity index (χ1v) is 14.6. The molecule has 8 nitrogen and oxygen atoms in total. The Balaban J connectivity index is 1.97. The van der Waals surface area contributed by atoms with Crippen LogP contribution in [0.3, 0.4) is 0 Å². The zero-order valence-corrected chi connectivity index (χ0v) is 23.0. The fraction of sp³-hybridized carbons (Fsp3) is 0.481. The lowest BCUT2D eigenvalue weighted by molar-refractivity contribution is -0.140. The maximum absolute atomic E-state index is 13.7. The third-order valence-electron chi connectivity index (χ3n) is 6.72. The largest absolute Gasteiger partial charge is 0.497 e. The van der Waals surface area contributed by atoms with E-state index in [0.717, 1.165) is 44.1 Å². The molecule has 12 heteroatoms. The molecule has 2 aromatic carbocycles. The molecule has 0 radical (unpaired) electrons. The molecular formula is C27H34F3N3O5S. The van der Waals surface area contributed by atoms with Crippen molar-refractivity contribution in [3.05, 3.63) is 59.7 Å². The van der Waals surface area contributed by atoms with Crippen LogP contribution in [-0.2, 0) is 32.3 Å². The van der Waals surface area contributed by atoms with Crippen LogP contribution in [-0.4, -0.2) is 57.1 Å². The zero-order valence-electron chi connectivity index (χ0n) is 22.2. The lowest BCUT2D eigenvalue weighted by Gasteiger charge is -2.33. The molecule has 0 saturated heterocycles. The second-order valence-electron chi connectivity index (χ2n) is 9.60. The Morgan fingerprint density at radius 3 is 2.36 bits per heavy atom. The Kier molecular flexibility index (Phi) is 9.87. The van der Waals surface area contributed by atoms with Crippen LogP contribution in [0.5, 0.6) is 5.75 Å². The number of ether oxygens (including phenoxy) is 1. The van der Waals surface area contributed by atoms with Gasteiger partial charge in [0, 0.05) is 12.6 Å². The van der Waals surface area contributed by atoms with Crippen molar-refractivity contribution in [3.63, 3.8) is 0 Å². The van der Waals surface area contributed by atoms with Gasteiger partial charge in [0.1, 0.15) is 18.3 Å². The number of amides is 2. The molecule has 214 valence electrons. The van der Waals surface area contributed by atoms with Gasteiger partial charge < -0.3 is 15.0 Å². The van der Waals surface area contributed by atoms with E-state index >= 15 is 0 Å². The number of nitrogens with zero attached hydrogens (tertiary/aromatic N) is 2. The van der Waals surface area contributed by atoms with Crippen LogP contribution in [0, 0.1) is 0 Å². The van der Waals surface area contributed by atoms with Gasteiger partial charge in [0.25, 0.3) is 0 Å². The third kappa shape index (κ3) is 8.11. The quantitative estimate of drug-likeness (QED) is 0.434. The molecule has 1 N–H and O–H groups in total. The number of carbonyl (C=O) groups is 2. The van der Waals surface area contributed by atoms with Crippen LogP contribution < -0.4 is 14.4 Å². The highest BCUT2D eigenvalue weighted by atomic mass is 32.2. The van der Waals surface area contributed by atoms with E-state index in [0.29, 0.717) is 21.7 Å². The van der Waals surface area contributed by atoms with E-state index in [9.17, 15) is 31.2 Å². The number of carbonyl (C=O) groups excluding carboxylic acids is 2. The lowest BCUT2D eigenvalue weighted by Crippen LogP contribution is -2.53. The van der Waals surface area contributed by atoms with Gasteiger partial charge in [0.2, 0.25) is 21.8 Å². The fourth-order valence-corrected chi connectivity index (χ4v) is 5.55. The van der Waals surface area contributed by atoms with Gasteiger partial charge in [-0.1, -0.05) is 38.0 Å². The summed E-state index contributed by atoms with van der Waals surface area (Å²) in [5, 5.41) is 3.00. The Hall–Kier alpha value is -3.28. The van der Waals surface area contributed by atoms with E-state index in [2.05, 4.69) is 5.32 Å². The summed E-state index contributed by atoms with van der Waals surface area (Å²) in [4.78, 5) is 28.3. The second-order valence-corrected chi connectivity index (χ2v) is 11.5.